The zero-order valence-corrected chi connectivity index (χ0v) is 13.3. The summed E-state index contributed by atoms with van der Waals surface area (Å²) in [5.74, 6) is 0.270. The first-order valence-corrected chi connectivity index (χ1v) is 7.83. The third-order valence-corrected chi connectivity index (χ3v) is 3.82. The van der Waals surface area contributed by atoms with Gasteiger partial charge in [0.15, 0.2) is 0 Å². The number of aromatic nitrogens is 1. The van der Waals surface area contributed by atoms with Crippen LogP contribution in [-0.4, -0.2) is 10.8 Å². The van der Waals surface area contributed by atoms with Crippen LogP contribution in [0.15, 0.2) is 82.7 Å². The number of pyridine rings is 1. The molecule has 0 aliphatic rings. The Morgan fingerprint density at radius 2 is 1.54 bits per heavy atom. The topological polar surface area (TPSA) is 71.2 Å². The molecule has 0 saturated heterocycles. The second-order valence-electron chi connectivity index (χ2n) is 5.56. The number of aromatic amines is 1. The van der Waals surface area contributed by atoms with Crippen LogP contribution >= 0.6 is 0 Å². The molecule has 0 unspecified atom stereocenters. The molecule has 0 atom stereocenters. The van der Waals surface area contributed by atoms with Gasteiger partial charge in [-0.3, -0.25) is 9.79 Å². The van der Waals surface area contributed by atoms with Gasteiger partial charge in [-0.05, 0) is 29.2 Å². The molecule has 1 heterocycles. The van der Waals surface area contributed by atoms with Crippen molar-refractivity contribution in [3.8, 4) is 0 Å². The van der Waals surface area contributed by atoms with Crippen molar-refractivity contribution in [2.24, 2.45) is 10.7 Å². The summed E-state index contributed by atoms with van der Waals surface area (Å²) in [5, 5.41) is 0. The standard InChI is InChI=1S/C20H19N3O/c21-19(23-14-16-9-5-2-6-10-16)18-17(11-12-22-20(18)24)13-15-7-3-1-4-8-15/h1-12H,13-14H2,(H2,21,23)(H,22,24). The normalized spacial score (nSPS) is 11.4. The van der Waals surface area contributed by atoms with Crippen LogP contribution in [0, 0.1) is 0 Å². The Balaban J connectivity index is 1.90. The summed E-state index contributed by atoms with van der Waals surface area (Å²) < 4.78 is 0. The first-order chi connectivity index (χ1) is 11.7. The van der Waals surface area contributed by atoms with Crippen LogP contribution in [-0.2, 0) is 13.0 Å². The van der Waals surface area contributed by atoms with Crippen molar-refractivity contribution >= 4 is 5.84 Å². The van der Waals surface area contributed by atoms with Gasteiger partial charge in [-0.25, -0.2) is 0 Å². The molecule has 0 fully saturated rings. The molecule has 24 heavy (non-hydrogen) atoms. The lowest BCUT2D eigenvalue weighted by atomic mass is 10.0. The molecule has 0 saturated carbocycles. The number of rotatable bonds is 5. The van der Waals surface area contributed by atoms with E-state index in [0.717, 1.165) is 16.7 Å². The Morgan fingerprint density at radius 3 is 2.21 bits per heavy atom. The van der Waals surface area contributed by atoms with Gasteiger partial charge in [0.1, 0.15) is 5.84 Å². The van der Waals surface area contributed by atoms with Crippen LogP contribution in [0.2, 0.25) is 0 Å². The average molecular weight is 317 g/mol. The second kappa shape index (κ2) is 7.42. The Morgan fingerprint density at radius 1 is 0.917 bits per heavy atom. The van der Waals surface area contributed by atoms with E-state index in [0.29, 0.717) is 18.5 Å². The van der Waals surface area contributed by atoms with E-state index < -0.39 is 0 Å². The fourth-order valence-corrected chi connectivity index (χ4v) is 2.60. The molecule has 3 N–H and O–H groups in total. The molecule has 3 rings (SSSR count). The zero-order valence-electron chi connectivity index (χ0n) is 13.3. The van der Waals surface area contributed by atoms with Gasteiger partial charge < -0.3 is 10.7 Å². The average Bonchev–Trinajstić information content (AvgIpc) is 2.62. The quantitative estimate of drug-likeness (QED) is 0.561. The second-order valence-corrected chi connectivity index (χ2v) is 5.56. The predicted octanol–water partition coefficient (Wildman–Crippen LogP) is 2.87. The molecule has 0 amide bonds. The van der Waals surface area contributed by atoms with Gasteiger partial charge >= 0.3 is 0 Å². The Labute approximate surface area is 140 Å². The van der Waals surface area contributed by atoms with E-state index >= 15 is 0 Å². The number of H-pyrrole nitrogens is 1. The summed E-state index contributed by atoms with van der Waals surface area (Å²) in [7, 11) is 0. The van der Waals surface area contributed by atoms with E-state index in [4.69, 9.17) is 5.73 Å². The van der Waals surface area contributed by atoms with Crippen molar-refractivity contribution in [2.75, 3.05) is 0 Å². The number of hydrogen-bond acceptors (Lipinski definition) is 2. The largest absolute Gasteiger partial charge is 0.383 e. The molecule has 1 aromatic heterocycles. The molecule has 120 valence electrons. The third kappa shape index (κ3) is 3.79. The van der Waals surface area contributed by atoms with Crippen molar-refractivity contribution in [1.82, 2.24) is 4.98 Å². The maximum atomic E-state index is 12.3. The van der Waals surface area contributed by atoms with Crippen LogP contribution in [0.25, 0.3) is 0 Å². The van der Waals surface area contributed by atoms with Crippen LogP contribution in [0.4, 0.5) is 0 Å². The van der Waals surface area contributed by atoms with Gasteiger partial charge in [0, 0.05) is 6.20 Å². The van der Waals surface area contributed by atoms with E-state index in [-0.39, 0.29) is 11.4 Å². The first-order valence-electron chi connectivity index (χ1n) is 7.83. The highest BCUT2D eigenvalue weighted by atomic mass is 16.1. The summed E-state index contributed by atoms with van der Waals surface area (Å²) in [4.78, 5) is 19.4. The van der Waals surface area contributed by atoms with Gasteiger partial charge in [-0.1, -0.05) is 60.7 Å². The molecule has 0 spiro atoms. The van der Waals surface area contributed by atoms with E-state index in [1.54, 1.807) is 6.20 Å². The molecule has 0 bridgehead atoms. The number of hydrogen-bond donors (Lipinski definition) is 2. The minimum Gasteiger partial charge on any atom is -0.383 e. The molecular formula is C20H19N3O. The van der Waals surface area contributed by atoms with Crippen molar-refractivity contribution < 1.29 is 0 Å². The predicted molar refractivity (Wildman–Crippen MR) is 97.2 cm³/mol. The molecule has 4 heteroatoms. The van der Waals surface area contributed by atoms with Crippen molar-refractivity contribution in [2.45, 2.75) is 13.0 Å². The van der Waals surface area contributed by atoms with Crippen molar-refractivity contribution in [1.29, 1.82) is 0 Å². The number of amidine groups is 1. The van der Waals surface area contributed by atoms with E-state index in [9.17, 15) is 4.79 Å². The summed E-state index contributed by atoms with van der Waals surface area (Å²) in [6.45, 7) is 0.450. The molecule has 4 nitrogen and oxygen atoms in total. The highest BCUT2D eigenvalue weighted by Crippen LogP contribution is 2.11. The molecule has 2 aromatic carbocycles. The van der Waals surface area contributed by atoms with Crippen LogP contribution < -0.4 is 11.3 Å². The molecule has 3 aromatic rings. The van der Waals surface area contributed by atoms with Gasteiger partial charge in [-0.2, -0.15) is 0 Å². The van der Waals surface area contributed by atoms with Crippen molar-refractivity contribution in [3.63, 3.8) is 0 Å². The van der Waals surface area contributed by atoms with E-state index in [2.05, 4.69) is 9.98 Å². The summed E-state index contributed by atoms with van der Waals surface area (Å²) in [6, 6.07) is 21.7. The minimum atomic E-state index is -0.210. The summed E-state index contributed by atoms with van der Waals surface area (Å²) in [5.41, 5.74) is 9.43. The van der Waals surface area contributed by atoms with Gasteiger partial charge in [0.05, 0.1) is 12.1 Å². The SMILES string of the molecule is NC(=NCc1ccccc1)c1c(Cc2ccccc2)cc[nH]c1=O. The van der Waals surface area contributed by atoms with E-state index in [1.807, 2.05) is 66.7 Å². The first kappa shape index (κ1) is 15.7. The van der Waals surface area contributed by atoms with Crippen LogP contribution in [0.1, 0.15) is 22.3 Å². The Kier molecular flexibility index (Phi) is 4.87. The third-order valence-electron chi connectivity index (χ3n) is 3.82. The minimum absolute atomic E-state index is 0.210. The highest BCUT2D eigenvalue weighted by molar-refractivity contribution is 5.98. The Bertz CT molecular complexity index is 884. The Hall–Kier alpha value is -3.14. The fourth-order valence-electron chi connectivity index (χ4n) is 2.60. The van der Waals surface area contributed by atoms with Crippen LogP contribution in [0.5, 0.6) is 0 Å². The number of nitrogens with one attached hydrogen (secondary N) is 1. The lowest BCUT2D eigenvalue weighted by molar-refractivity contribution is 1.05. The fraction of sp³-hybridized carbons (Fsp3) is 0.100. The molecule has 0 aliphatic heterocycles. The molecule has 0 radical (unpaired) electrons. The zero-order chi connectivity index (χ0) is 16.8. The van der Waals surface area contributed by atoms with Gasteiger partial charge in [0.25, 0.3) is 5.56 Å². The number of aliphatic imine (C=N–C) groups is 1. The maximum absolute atomic E-state index is 12.3. The maximum Gasteiger partial charge on any atom is 0.259 e. The lowest BCUT2D eigenvalue weighted by Crippen LogP contribution is -2.27. The van der Waals surface area contributed by atoms with Crippen molar-refractivity contribution in [3.05, 3.63) is 106 Å². The van der Waals surface area contributed by atoms with Crippen LogP contribution in [0.3, 0.4) is 0 Å². The number of nitrogens with zero attached hydrogens (tertiary/aromatic N) is 1. The van der Waals surface area contributed by atoms with Gasteiger partial charge in [0.2, 0.25) is 0 Å². The summed E-state index contributed by atoms with van der Waals surface area (Å²) >= 11 is 0. The monoisotopic (exact) mass is 317 g/mol. The van der Waals surface area contributed by atoms with Gasteiger partial charge in [-0.15, -0.1) is 0 Å². The van der Waals surface area contributed by atoms with E-state index in [1.165, 1.54) is 0 Å². The summed E-state index contributed by atoms with van der Waals surface area (Å²) in [6.07, 6.45) is 2.29. The lowest BCUT2D eigenvalue weighted by Gasteiger charge is -2.08. The smallest absolute Gasteiger partial charge is 0.259 e. The highest BCUT2D eigenvalue weighted by Gasteiger charge is 2.11. The molecule has 0 aliphatic carbocycles. The number of benzene rings is 2. The number of nitrogens with two attached hydrogens (primary N) is 1. The molecular weight excluding hydrogens is 298 g/mol.